The highest BCUT2D eigenvalue weighted by Crippen LogP contribution is 2.33. The van der Waals surface area contributed by atoms with Crippen LogP contribution in [0.1, 0.15) is 24.1 Å². The Bertz CT molecular complexity index is 809. The van der Waals surface area contributed by atoms with E-state index in [0.717, 1.165) is 35.4 Å². The smallest absolute Gasteiger partial charge is 0.143 e. The van der Waals surface area contributed by atoms with Crippen LogP contribution in [-0.2, 0) is 12.8 Å². The highest BCUT2D eigenvalue weighted by atomic mass is 16.3. The standard InChI is InChI=1S/C16H16N4O/c21-11-5-3-4-10(8-11)19-15-14-12-6-1-2-7-13(12)20-16(14)18-9-17-15/h3-5,8-9,21H,1-2,6-7H2,(H2,17,18,19,20). The van der Waals surface area contributed by atoms with Gasteiger partial charge in [0.2, 0.25) is 0 Å². The normalized spacial score (nSPS) is 14.1. The van der Waals surface area contributed by atoms with Crippen molar-refractivity contribution in [2.45, 2.75) is 25.7 Å². The predicted molar refractivity (Wildman–Crippen MR) is 81.9 cm³/mol. The van der Waals surface area contributed by atoms with Gasteiger partial charge in [-0.25, -0.2) is 9.97 Å². The number of phenolic OH excluding ortho intramolecular Hbond substituents is 1. The van der Waals surface area contributed by atoms with E-state index in [1.807, 2.05) is 12.1 Å². The molecule has 3 aromatic rings. The number of aromatic hydroxyl groups is 1. The summed E-state index contributed by atoms with van der Waals surface area (Å²) >= 11 is 0. The van der Waals surface area contributed by atoms with E-state index in [1.54, 1.807) is 18.5 Å². The second-order valence-electron chi connectivity index (χ2n) is 5.41. The predicted octanol–water partition coefficient (Wildman–Crippen LogP) is 3.29. The number of benzene rings is 1. The maximum Gasteiger partial charge on any atom is 0.143 e. The van der Waals surface area contributed by atoms with Gasteiger partial charge in [-0.2, -0.15) is 0 Å². The molecule has 0 unspecified atom stereocenters. The van der Waals surface area contributed by atoms with Gasteiger partial charge >= 0.3 is 0 Å². The fraction of sp³-hybridized carbons (Fsp3) is 0.250. The molecule has 21 heavy (non-hydrogen) atoms. The van der Waals surface area contributed by atoms with Gasteiger partial charge < -0.3 is 15.4 Å². The maximum atomic E-state index is 9.58. The van der Waals surface area contributed by atoms with E-state index >= 15 is 0 Å². The zero-order chi connectivity index (χ0) is 14.2. The third-order valence-electron chi connectivity index (χ3n) is 4.00. The van der Waals surface area contributed by atoms with Crippen molar-refractivity contribution >= 4 is 22.5 Å². The van der Waals surface area contributed by atoms with E-state index in [9.17, 15) is 5.11 Å². The number of nitrogens with one attached hydrogen (secondary N) is 2. The van der Waals surface area contributed by atoms with Gasteiger partial charge in [-0.1, -0.05) is 6.07 Å². The molecule has 0 saturated heterocycles. The van der Waals surface area contributed by atoms with Gasteiger partial charge in [0.05, 0.1) is 5.39 Å². The second kappa shape index (κ2) is 4.77. The van der Waals surface area contributed by atoms with Crippen LogP contribution >= 0.6 is 0 Å². The Balaban J connectivity index is 1.83. The van der Waals surface area contributed by atoms with Crippen LogP contribution in [0.25, 0.3) is 11.0 Å². The summed E-state index contributed by atoms with van der Waals surface area (Å²) in [5.41, 5.74) is 4.33. The SMILES string of the molecule is Oc1cccc(Nc2ncnc3[nH]c4c(c23)CCCC4)c1. The van der Waals surface area contributed by atoms with Crippen LogP contribution in [0, 0.1) is 0 Å². The Morgan fingerprint density at radius 1 is 1.14 bits per heavy atom. The van der Waals surface area contributed by atoms with Gasteiger partial charge in [0.25, 0.3) is 0 Å². The molecule has 0 radical (unpaired) electrons. The Morgan fingerprint density at radius 3 is 2.95 bits per heavy atom. The fourth-order valence-electron chi connectivity index (χ4n) is 3.04. The molecule has 0 bridgehead atoms. The van der Waals surface area contributed by atoms with Crippen molar-refractivity contribution in [3.05, 3.63) is 41.9 Å². The summed E-state index contributed by atoms with van der Waals surface area (Å²) in [6, 6.07) is 7.06. The van der Waals surface area contributed by atoms with Gasteiger partial charge in [0, 0.05) is 17.4 Å². The first-order valence-electron chi connectivity index (χ1n) is 7.22. The van der Waals surface area contributed by atoms with Gasteiger partial charge in [0.1, 0.15) is 23.5 Å². The number of H-pyrrole nitrogens is 1. The van der Waals surface area contributed by atoms with E-state index < -0.39 is 0 Å². The van der Waals surface area contributed by atoms with Crippen molar-refractivity contribution in [1.82, 2.24) is 15.0 Å². The van der Waals surface area contributed by atoms with E-state index in [-0.39, 0.29) is 5.75 Å². The summed E-state index contributed by atoms with van der Waals surface area (Å²) in [6.07, 6.45) is 6.15. The van der Waals surface area contributed by atoms with Crippen molar-refractivity contribution in [2.75, 3.05) is 5.32 Å². The van der Waals surface area contributed by atoms with Gasteiger partial charge in [-0.15, -0.1) is 0 Å². The molecule has 0 amide bonds. The lowest BCUT2D eigenvalue weighted by atomic mass is 9.96. The lowest BCUT2D eigenvalue weighted by Gasteiger charge is -2.12. The van der Waals surface area contributed by atoms with Crippen molar-refractivity contribution in [3.63, 3.8) is 0 Å². The largest absolute Gasteiger partial charge is 0.508 e. The van der Waals surface area contributed by atoms with E-state index in [2.05, 4.69) is 20.3 Å². The Labute approximate surface area is 122 Å². The van der Waals surface area contributed by atoms with Crippen molar-refractivity contribution in [1.29, 1.82) is 0 Å². The van der Waals surface area contributed by atoms with Gasteiger partial charge in [-0.05, 0) is 43.4 Å². The number of hydrogen-bond acceptors (Lipinski definition) is 4. The topological polar surface area (TPSA) is 73.8 Å². The summed E-state index contributed by atoms with van der Waals surface area (Å²) in [6.45, 7) is 0. The van der Waals surface area contributed by atoms with E-state index in [0.29, 0.717) is 0 Å². The van der Waals surface area contributed by atoms with Crippen LogP contribution in [0.5, 0.6) is 5.75 Å². The third kappa shape index (κ3) is 2.11. The Morgan fingerprint density at radius 2 is 2.05 bits per heavy atom. The highest BCUT2D eigenvalue weighted by Gasteiger charge is 2.19. The molecular weight excluding hydrogens is 264 g/mol. The van der Waals surface area contributed by atoms with Crippen LogP contribution in [0.3, 0.4) is 0 Å². The molecule has 3 N–H and O–H groups in total. The summed E-state index contributed by atoms with van der Waals surface area (Å²) < 4.78 is 0. The Kier molecular flexibility index (Phi) is 2.77. The molecule has 0 aliphatic heterocycles. The summed E-state index contributed by atoms with van der Waals surface area (Å²) in [5.74, 6) is 1.03. The van der Waals surface area contributed by atoms with Crippen LogP contribution in [0.4, 0.5) is 11.5 Å². The molecule has 1 aliphatic carbocycles. The number of aryl methyl sites for hydroxylation is 2. The quantitative estimate of drug-likeness (QED) is 0.673. The molecule has 106 valence electrons. The molecule has 1 aromatic carbocycles. The zero-order valence-corrected chi connectivity index (χ0v) is 11.6. The molecule has 0 spiro atoms. The molecule has 2 aromatic heterocycles. The molecule has 0 saturated carbocycles. The number of phenols is 1. The summed E-state index contributed by atoms with van der Waals surface area (Å²) in [4.78, 5) is 12.2. The fourth-order valence-corrected chi connectivity index (χ4v) is 3.04. The molecule has 2 heterocycles. The number of nitrogens with zero attached hydrogens (tertiary/aromatic N) is 2. The Hall–Kier alpha value is -2.56. The molecule has 1 aliphatic rings. The molecule has 0 atom stereocenters. The van der Waals surface area contributed by atoms with E-state index in [4.69, 9.17) is 0 Å². The number of hydrogen-bond donors (Lipinski definition) is 3. The van der Waals surface area contributed by atoms with E-state index in [1.165, 1.54) is 24.1 Å². The van der Waals surface area contributed by atoms with Crippen molar-refractivity contribution < 1.29 is 5.11 Å². The number of anilines is 2. The molecule has 4 rings (SSSR count). The highest BCUT2D eigenvalue weighted by molar-refractivity contribution is 5.93. The number of aromatic nitrogens is 3. The first-order valence-corrected chi connectivity index (χ1v) is 7.22. The minimum atomic E-state index is 0.237. The second-order valence-corrected chi connectivity index (χ2v) is 5.41. The molecule has 5 heteroatoms. The summed E-state index contributed by atoms with van der Waals surface area (Å²) in [7, 11) is 0. The zero-order valence-electron chi connectivity index (χ0n) is 11.6. The van der Waals surface area contributed by atoms with Crippen LogP contribution in [0.2, 0.25) is 0 Å². The minimum absolute atomic E-state index is 0.237. The number of aromatic amines is 1. The number of fused-ring (bicyclic) bond motifs is 3. The van der Waals surface area contributed by atoms with Crippen LogP contribution in [-0.4, -0.2) is 20.1 Å². The van der Waals surface area contributed by atoms with Crippen molar-refractivity contribution in [2.24, 2.45) is 0 Å². The first-order chi connectivity index (χ1) is 10.3. The van der Waals surface area contributed by atoms with Gasteiger partial charge in [-0.3, -0.25) is 0 Å². The minimum Gasteiger partial charge on any atom is -0.508 e. The molecular formula is C16H16N4O. The average Bonchev–Trinajstić information content (AvgIpc) is 2.87. The molecule has 5 nitrogen and oxygen atoms in total. The van der Waals surface area contributed by atoms with Gasteiger partial charge in [0.15, 0.2) is 0 Å². The van der Waals surface area contributed by atoms with Crippen LogP contribution in [0.15, 0.2) is 30.6 Å². The lowest BCUT2D eigenvalue weighted by molar-refractivity contribution is 0.475. The lowest BCUT2D eigenvalue weighted by Crippen LogP contribution is -2.01. The van der Waals surface area contributed by atoms with Crippen molar-refractivity contribution in [3.8, 4) is 5.75 Å². The molecule has 0 fully saturated rings. The number of rotatable bonds is 2. The third-order valence-corrected chi connectivity index (χ3v) is 4.00. The summed E-state index contributed by atoms with van der Waals surface area (Å²) in [5, 5.41) is 13.9. The van der Waals surface area contributed by atoms with Crippen LogP contribution < -0.4 is 5.32 Å². The first kappa shape index (κ1) is 12.2. The monoisotopic (exact) mass is 280 g/mol. The maximum absolute atomic E-state index is 9.58. The average molecular weight is 280 g/mol.